The maximum Gasteiger partial charge on any atom is 0.305 e. The van der Waals surface area contributed by atoms with E-state index in [0.717, 1.165) is 12.8 Å². The van der Waals surface area contributed by atoms with Crippen LogP contribution in [0, 0.1) is 5.92 Å². The summed E-state index contributed by atoms with van der Waals surface area (Å²) in [6.07, 6.45) is 3.10. The lowest BCUT2D eigenvalue weighted by molar-refractivity contribution is -0.145. The van der Waals surface area contributed by atoms with Crippen molar-refractivity contribution in [2.24, 2.45) is 5.92 Å². The van der Waals surface area contributed by atoms with Crippen LogP contribution >= 0.6 is 0 Å². The molecule has 0 unspecified atom stereocenters. The van der Waals surface area contributed by atoms with E-state index < -0.39 is 0 Å². The van der Waals surface area contributed by atoms with Gasteiger partial charge >= 0.3 is 11.9 Å². The Morgan fingerprint density at radius 3 is 2.12 bits per heavy atom. The maximum absolute atomic E-state index is 11.3. The predicted molar refractivity (Wildman–Crippen MR) is 60.9 cm³/mol. The van der Waals surface area contributed by atoms with Crippen LogP contribution in [-0.4, -0.2) is 25.7 Å². The highest BCUT2D eigenvalue weighted by atomic mass is 16.5. The molecule has 4 heteroatoms. The van der Waals surface area contributed by atoms with Crippen LogP contribution in [-0.2, 0) is 19.1 Å². The largest absolute Gasteiger partial charge is 0.469 e. The number of hydrogen-bond acceptors (Lipinski definition) is 4. The molecule has 0 radical (unpaired) electrons. The summed E-state index contributed by atoms with van der Waals surface area (Å²) in [5, 5.41) is 0. The van der Waals surface area contributed by atoms with E-state index in [1.54, 1.807) is 0 Å². The highest BCUT2D eigenvalue weighted by Gasteiger charge is 2.09. The molecule has 0 saturated heterocycles. The Morgan fingerprint density at radius 2 is 1.62 bits per heavy atom. The summed E-state index contributed by atoms with van der Waals surface area (Å²) in [6.45, 7) is 4.66. The minimum Gasteiger partial charge on any atom is -0.469 e. The molecule has 0 spiro atoms. The molecule has 94 valence electrons. The van der Waals surface area contributed by atoms with Gasteiger partial charge < -0.3 is 9.47 Å². The van der Waals surface area contributed by atoms with Crippen molar-refractivity contribution in [2.45, 2.75) is 46.0 Å². The normalized spacial score (nSPS) is 10.2. The third-order valence-corrected chi connectivity index (χ3v) is 2.62. The van der Waals surface area contributed by atoms with Crippen molar-refractivity contribution in [2.75, 3.05) is 13.7 Å². The third-order valence-electron chi connectivity index (χ3n) is 2.62. The Balaban J connectivity index is 3.55. The van der Waals surface area contributed by atoms with Crippen molar-refractivity contribution in [3.63, 3.8) is 0 Å². The molecule has 0 saturated carbocycles. The number of rotatable bonds is 8. The Labute approximate surface area is 97.3 Å². The Morgan fingerprint density at radius 1 is 1.06 bits per heavy atom. The van der Waals surface area contributed by atoms with Gasteiger partial charge in [0.1, 0.15) is 0 Å². The number of carbonyl (C=O) groups is 2. The number of methoxy groups -OCH3 is 1. The zero-order valence-electron chi connectivity index (χ0n) is 10.5. The third kappa shape index (κ3) is 7.26. The summed E-state index contributed by atoms with van der Waals surface area (Å²) in [7, 11) is 1.34. The molecule has 0 heterocycles. The minimum absolute atomic E-state index is 0.226. The fraction of sp³-hybridized carbons (Fsp3) is 0.833. The van der Waals surface area contributed by atoms with Crippen LogP contribution in [0.3, 0.4) is 0 Å². The summed E-state index contributed by atoms with van der Waals surface area (Å²) in [5.41, 5.74) is 0. The average Bonchev–Trinajstić information content (AvgIpc) is 2.30. The second-order valence-corrected chi connectivity index (χ2v) is 3.80. The van der Waals surface area contributed by atoms with E-state index in [2.05, 4.69) is 18.6 Å². The van der Waals surface area contributed by atoms with E-state index in [0.29, 0.717) is 18.9 Å². The number of esters is 2. The SMILES string of the molecule is CCC(CC)COC(=O)CCCC(=O)OC. The molecule has 0 bridgehead atoms. The fourth-order valence-electron chi connectivity index (χ4n) is 1.29. The van der Waals surface area contributed by atoms with Gasteiger partial charge in [-0.25, -0.2) is 0 Å². The molecule has 0 aromatic heterocycles. The summed E-state index contributed by atoms with van der Waals surface area (Å²) < 4.78 is 9.58. The van der Waals surface area contributed by atoms with Gasteiger partial charge in [0.05, 0.1) is 13.7 Å². The van der Waals surface area contributed by atoms with Crippen LogP contribution < -0.4 is 0 Å². The molecule has 0 aromatic rings. The van der Waals surface area contributed by atoms with Crippen LogP contribution in [0.15, 0.2) is 0 Å². The smallest absolute Gasteiger partial charge is 0.305 e. The van der Waals surface area contributed by atoms with Crippen molar-refractivity contribution < 1.29 is 19.1 Å². The van der Waals surface area contributed by atoms with E-state index in [1.165, 1.54) is 7.11 Å². The first-order valence-corrected chi connectivity index (χ1v) is 5.86. The second-order valence-electron chi connectivity index (χ2n) is 3.80. The van der Waals surface area contributed by atoms with Crippen molar-refractivity contribution >= 4 is 11.9 Å². The minimum atomic E-state index is -0.284. The quantitative estimate of drug-likeness (QED) is 0.600. The lowest BCUT2D eigenvalue weighted by Gasteiger charge is -2.12. The summed E-state index contributed by atoms with van der Waals surface area (Å²) in [6, 6.07) is 0. The zero-order valence-corrected chi connectivity index (χ0v) is 10.5. The average molecular weight is 230 g/mol. The Kier molecular flexibility index (Phi) is 8.58. The van der Waals surface area contributed by atoms with E-state index in [-0.39, 0.29) is 24.8 Å². The number of ether oxygens (including phenoxy) is 2. The lowest BCUT2D eigenvalue weighted by Crippen LogP contribution is -2.13. The van der Waals surface area contributed by atoms with E-state index in [9.17, 15) is 9.59 Å². The molecule has 0 rings (SSSR count). The molecule has 16 heavy (non-hydrogen) atoms. The molecule has 0 N–H and O–H groups in total. The first-order chi connectivity index (χ1) is 7.63. The van der Waals surface area contributed by atoms with E-state index in [4.69, 9.17) is 4.74 Å². The molecule has 0 atom stereocenters. The van der Waals surface area contributed by atoms with Crippen LogP contribution in [0.4, 0.5) is 0 Å². The molecule has 0 aromatic carbocycles. The molecule has 0 aliphatic heterocycles. The molecule has 0 amide bonds. The molecule has 4 nitrogen and oxygen atoms in total. The molecule has 0 aliphatic carbocycles. The first-order valence-electron chi connectivity index (χ1n) is 5.86. The molecular formula is C12H22O4. The van der Waals surface area contributed by atoms with Crippen LogP contribution in [0.1, 0.15) is 46.0 Å². The second kappa shape index (κ2) is 9.19. The maximum atomic E-state index is 11.3. The standard InChI is InChI=1S/C12H22O4/c1-4-10(5-2)9-16-12(14)8-6-7-11(13)15-3/h10H,4-9H2,1-3H3. The zero-order chi connectivity index (χ0) is 12.4. The predicted octanol–water partition coefficient (Wildman–Crippen LogP) is 2.31. The van der Waals surface area contributed by atoms with Crippen LogP contribution in [0.2, 0.25) is 0 Å². The van der Waals surface area contributed by atoms with Crippen LogP contribution in [0.5, 0.6) is 0 Å². The van der Waals surface area contributed by atoms with Crippen LogP contribution in [0.25, 0.3) is 0 Å². The fourth-order valence-corrected chi connectivity index (χ4v) is 1.29. The van der Waals surface area contributed by atoms with Gasteiger partial charge in [-0.1, -0.05) is 26.7 Å². The van der Waals surface area contributed by atoms with Gasteiger partial charge in [-0.15, -0.1) is 0 Å². The van der Waals surface area contributed by atoms with E-state index in [1.807, 2.05) is 0 Å². The van der Waals surface area contributed by atoms with Gasteiger partial charge in [-0.2, -0.15) is 0 Å². The van der Waals surface area contributed by atoms with Crippen molar-refractivity contribution in [3.05, 3.63) is 0 Å². The Bertz CT molecular complexity index is 209. The highest BCUT2D eigenvalue weighted by Crippen LogP contribution is 2.08. The molecule has 0 aliphatic rings. The van der Waals surface area contributed by atoms with Crippen molar-refractivity contribution in [1.29, 1.82) is 0 Å². The molecular weight excluding hydrogens is 208 g/mol. The number of hydrogen-bond donors (Lipinski definition) is 0. The topological polar surface area (TPSA) is 52.6 Å². The summed E-state index contributed by atoms with van der Waals surface area (Å²) in [4.78, 5) is 22.1. The first kappa shape index (κ1) is 14.9. The van der Waals surface area contributed by atoms with Gasteiger partial charge in [0.2, 0.25) is 0 Å². The van der Waals surface area contributed by atoms with Gasteiger partial charge in [0.25, 0.3) is 0 Å². The highest BCUT2D eigenvalue weighted by molar-refractivity contribution is 5.72. The van der Waals surface area contributed by atoms with E-state index >= 15 is 0 Å². The number of carbonyl (C=O) groups excluding carboxylic acids is 2. The lowest BCUT2D eigenvalue weighted by atomic mass is 10.1. The molecule has 0 fully saturated rings. The van der Waals surface area contributed by atoms with Crippen molar-refractivity contribution in [1.82, 2.24) is 0 Å². The van der Waals surface area contributed by atoms with Crippen molar-refractivity contribution in [3.8, 4) is 0 Å². The monoisotopic (exact) mass is 230 g/mol. The summed E-state index contributed by atoms with van der Waals surface area (Å²) in [5.74, 6) is -0.0619. The van der Waals surface area contributed by atoms with Gasteiger partial charge in [-0.05, 0) is 12.3 Å². The Hall–Kier alpha value is -1.06. The van der Waals surface area contributed by atoms with Gasteiger partial charge in [0, 0.05) is 12.8 Å². The van der Waals surface area contributed by atoms with Gasteiger partial charge in [0.15, 0.2) is 0 Å². The summed E-state index contributed by atoms with van der Waals surface area (Å²) >= 11 is 0. The van der Waals surface area contributed by atoms with Gasteiger partial charge in [-0.3, -0.25) is 9.59 Å².